The van der Waals surface area contributed by atoms with E-state index in [1.807, 2.05) is 0 Å². The molecule has 0 spiro atoms. The molecular weight excluding hydrogens is 282 g/mol. The number of carboxylic acids is 1. The highest BCUT2D eigenvalue weighted by atomic mass is 28.3. The van der Waals surface area contributed by atoms with Gasteiger partial charge in [-0.05, 0) is 12.0 Å². The van der Waals surface area contributed by atoms with Gasteiger partial charge in [-0.1, -0.05) is 67.9 Å². The van der Waals surface area contributed by atoms with E-state index in [1.165, 1.54) is 10.4 Å². The van der Waals surface area contributed by atoms with Gasteiger partial charge >= 0.3 is 5.97 Å². The van der Waals surface area contributed by atoms with E-state index >= 15 is 0 Å². The van der Waals surface area contributed by atoms with Gasteiger partial charge in [0.05, 0.1) is 16.1 Å². The third kappa shape index (κ3) is 4.29. The van der Waals surface area contributed by atoms with E-state index in [2.05, 4.69) is 57.5 Å². The summed E-state index contributed by atoms with van der Waals surface area (Å²) in [5.41, 5.74) is 6.82. The van der Waals surface area contributed by atoms with Crippen LogP contribution in [0.25, 0.3) is 0 Å². The largest absolute Gasteiger partial charge is 0.480 e. The second-order valence-electron chi connectivity index (χ2n) is 7.52. The number of benzene rings is 1. The summed E-state index contributed by atoms with van der Waals surface area (Å²) in [5.74, 6) is -0.930. The lowest BCUT2D eigenvalue weighted by molar-refractivity contribution is -0.138. The van der Waals surface area contributed by atoms with E-state index < -0.39 is 28.2 Å². The number of aliphatic carboxylic acids is 1. The molecule has 0 aliphatic rings. The number of hydrogen-bond acceptors (Lipinski definition) is 2. The van der Waals surface area contributed by atoms with Gasteiger partial charge in [-0.25, -0.2) is 0 Å². The first-order chi connectivity index (χ1) is 8.93. The van der Waals surface area contributed by atoms with E-state index in [9.17, 15) is 4.79 Å². The van der Waals surface area contributed by atoms with Crippen LogP contribution in [0.2, 0.25) is 39.3 Å². The van der Waals surface area contributed by atoms with Crippen LogP contribution in [0.4, 0.5) is 0 Å². The van der Waals surface area contributed by atoms with Crippen LogP contribution in [-0.4, -0.2) is 33.3 Å². The molecule has 1 rings (SSSR count). The number of carboxylic acid groups (broad SMARTS) is 1. The fraction of sp³-hybridized carbons (Fsp3) is 0.533. The molecule has 112 valence electrons. The Balaban J connectivity index is 3.28. The van der Waals surface area contributed by atoms with Crippen LogP contribution in [0, 0.1) is 0 Å². The summed E-state index contributed by atoms with van der Waals surface area (Å²) in [6.07, 6.45) is 0.418. The standard InChI is InChI=1S/C15H27NO2Si2/c1-19(2,3)12-8-7-11(9-13(16)15(17)18)14(10-12)20(4,5)6/h7-8,10,13H,9,16H2,1-6H3,(H,17,18). The quantitative estimate of drug-likeness (QED) is 0.814. The molecule has 1 atom stereocenters. The first kappa shape index (κ1) is 17.1. The summed E-state index contributed by atoms with van der Waals surface area (Å²) in [4.78, 5) is 11.0. The summed E-state index contributed by atoms with van der Waals surface area (Å²) < 4.78 is 0. The molecule has 0 aliphatic carbocycles. The molecule has 5 heteroatoms. The van der Waals surface area contributed by atoms with Gasteiger partial charge in [0.25, 0.3) is 0 Å². The maximum absolute atomic E-state index is 11.0. The van der Waals surface area contributed by atoms with Gasteiger partial charge in [0.15, 0.2) is 0 Å². The molecule has 0 saturated heterocycles. The van der Waals surface area contributed by atoms with E-state index in [4.69, 9.17) is 10.8 Å². The average Bonchev–Trinajstić information content (AvgIpc) is 2.26. The van der Waals surface area contributed by atoms with Crippen LogP contribution < -0.4 is 16.1 Å². The number of carbonyl (C=O) groups is 1. The smallest absolute Gasteiger partial charge is 0.320 e. The Labute approximate surface area is 124 Å². The van der Waals surface area contributed by atoms with Crippen LogP contribution in [0.5, 0.6) is 0 Å². The first-order valence-corrected chi connectivity index (χ1v) is 14.0. The van der Waals surface area contributed by atoms with Gasteiger partial charge in [-0.15, -0.1) is 0 Å². The minimum absolute atomic E-state index is 0.418. The zero-order chi connectivity index (χ0) is 15.7. The minimum atomic E-state index is -1.52. The molecule has 0 bridgehead atoms. The summed E-state index contributed by atoms with van der Waals surface area (Å²) in [6.45, 7) is 13.9. The lowest BCUT2D eigenvalue weighted by atomic mass is 10.1. The van der Waals surface area contributed by atoms with Crippen LogP contribution >= 0.6 is 0 Å². The van der Waals surface area contributed by atoms with E-state index in [-0.39, 0.29) is 0 Å². The zero-order valence-electron chi connectivity index (χ0n) is 13.4. The van der Waals surface area contributed by atoms with E-state index in [1.54, 1.807) is 0 Å². The number of rotatable bonds is 5. The van der Waals surface area contributed by atoms with Crippen molar-refractivity contribution in [3.05, 3.63) is 23.8 Å². The monoisotopic (exact) mass is 309 g/mol. The molecule has 0 aromatic heterocycles. The molecule has 1 aromatic rings. The van der Waals surface area contributed by atoms with Crippen molar-refractivity contribution in [3.8, 4) is 0 Å². The van der Waals surface area contributed by atoms with Crippen molar-refractivity contribution in [3.63, 3.8) is 0 Å². The predicted molar refractivity (Wildman–Crippen MR) is 91.7 cm³/mol. The molecule has 1 unspecified atom stereocenters. The Morgan fingerprint density at radius 3 is 2.10 bits per heavy atom. The molecule has 0 heterocycles. The van der Waals surface area contributed by atoms with Gasteiger partial charge in [-0.2, -0.15) is 0 Å². The Morgan fingerprint density at radius 1 is 1.15 bits per heavy atom. The normalized spacial score (nSPS) is 14.2. The summed E-state index contributed by atoms with van der Waals surface area (Å²) >= 11 is 0. The molecule has 0 aliphatic heterocycles. The van der Waals surface area contributed by atoms with E-state index in [0.717, 1.165) is 5.56 Å². The maximum Gasteiger partial charge on any atom is 0.320 e. The first-order valence-electron chi connectivity index (χ1n) is 7.05. The lowest BCUT2D eigenvalue weighted by Gasteiger charge is -2.26. The Kier molecular flexibility index (Phi) is 5.00. The second kappa shape index (κ2) is 5.83. The van der Waals surface area contributed by atoms with Crippen molar-refractivity contribution in [1.82, 2.24) is 0 Å². The highest BCUT2D eigenvalue weighted by molar-refractivity contribution is 6.91. The molecule has 3 N–H and O–H groups in total. The minimum Gasteiger partial charge on any atom is -0.480 e. The average molecular weight is 310 g/mol. The topological polar surface area (TPSA) is 63.3 Å². The molecule has 3 nitrogen and oxygen atoms in total. The van der Waals surface area contributed by atoms with Crippen molar-refractivity contribution in [2.24, 2.45) is 5.73 Å². The van der Waals surface area contributed by atoms with Crippen LogP contribution in [-0.2, 0) is 11.2 Å². The highest BCUT2D eigenvalue weighted by Gasteiger charge is 2.25. The zero-order valence-corrected chi connectivity index (χ0v) is 15.4. The number of nitrogens with two attached hydrogens (primary N) is 1. The highest BCUT2D eigenvalue weighted by Crippen LogP contribution is 2.11. The third-order valence-electron chi connectivity index (χ3n) is 3.54. The molecule has 20 heavy (non-hydrogen) atoms. The lowest BCUT2D eigenvalue weighted by Crippen LogP contribution is -2.47. The van der Waals surface area contributed by atoms with Crippen molar-refractivity contribution < 1.29 is 9.90 Å². The van der Waals surface area contributed by atoms with Crippen LogP contribution in [0.15, 0.2) is 18.2 Å². The molecular formula is C15H27NO2Si2. The molecule has 0 saturated carbocycles. The Bertz CT molecular complexity index is 502. The van der Waals surface area contributed by atoms with Gasteiger partial charge in [0, 0.05) is 0 Å². The summed E-state index contributed by atoms with van der Waals surface area (Å²) in [6, 6.07) is 5.77. The fourth-order valence-corrected chi connectivity index (χ4v) is 5.29. The van der Waals surface area contributed by atoms with Crippen molar-refractivity contribution in [2.45, 2.75) is 51.7 Å². The fourth-order valence-electron chi connectivity index (χ4n) is 2.24. The van der Waals surface area contributed by atoms with Crippen molar-refractivity contribution >= 4 is 32.5 Å². The van der Waals surface area contributed by atoms with Crippen molar-refractivity contribution in [2.75, 3.05) is 0 Å². The summed E-state index contributed by atoms with van der Waals surface area (Å²) in [7, 11) is -2.87. The predicted octanol–water partition coefficient (Wildman–Crippen LogP) is 1.73. The second-order valence-corrected chi connectivity index (χ2v) is 17.6. The maximum atomic E-state index is 11.0. The molecule has 0 radical (unpaired) electrons. The molecule has 0 fully saturated rings. The Morgan fingerprint density at radius 2 is 1.70 bits per heavy atom. The van der Waals surface area contributed by atoms with Gasteiger partial charge < -0.3 is 10.8 Å². The van der Waals surface area contributed by atoms with Crippen LogP contribution in [0.1, 0.15) is 5.56 Å². The number of hydrogen-bond donors (Lipinski definition) is 2. The van der Waals surface area contributed by atoms with Gasteiger partial charge in [0.1, 0.15) is 6.04 Å². The summed E-state index contributed by atoms with van der Waals surface area (Å²) in [5, 5.41) is 11.8. The molecule has 1 aromatic carbocycles. The van der Waals surface area contributed by atoms with E-state index in [0.29, 0.717) is 6.42 Å². The Hall–Kier alpha value is -0.916. The van der Waals surface area contributed by atoms with Gasteiger partial charge in [0.2, 0.25) is 0 Å². The SMILES string of the molecule is C[Si](C)(C)c1ccc(CC(N)C(=O)O)c([Si](C)(C)C)c1. The van der Waals surface area contributed by atoms with Gasteiger partial charge in [-0.3, -0.25) is 4.79 Å². The van der Waals surface area contributed by atoms with Crippen LogP contribution in [0.3, 0.4) is 0 Å². The van der Waals surface area contributed by atoms with Crippen molar-refractivity contribution in [1.29, 1.82) is 0 Å². The third-order valence-corrected chi connectivity index (χ3v) is 7.67. The molecule has 0 amide bonds.